The molecule has 1 aliphatic rings. The second-order valence-electron chi connectivity index (χ2n) is 5.21. The van der Waals surface area contributed by atoms with E-state index in [9.17, 15) is 0 Å². The van der Waals surface area contributed by atoms with Crippen LogP contribution in [0.4, 0.5) is 0 Å². The Labute approximate surface area is 91.4 Å². The molecule has 0 aliphatic heterocycles. The number of hydrogen-bond donors (Lipinski definition) is 0. The van der Waals surface area contributed by atoms with Crippen molar-refractivity contribution in [2.24, 2.45) is 5.92 Å². The quantitative estimate of drug-likeness (QED) is 0.770. The van der Waals surface area contributed by atoms with E-state index >= 15 is 0 Å². The van der Waals surface area contributed by atoms with Crippen molar-refractivity contribution in [2.45, 2.75) is 38.7 Å². The van der Waals surface area contributed by atoms with E-state index in [1.807, 2.05) is 0 Å². The summed E-state index contributed by atoms with van der Waals surface area (Å²) in [5.74, 6) is 1.06. The van der Waals surface area contributed by atoms with Crippen molar-refractivity contribution in [3.63, 3.8) is 0 Å². The minimum absolute atomic E-state index is 1.05. The Hall–Kier alpha value is 0.830. The Bertz CT molecular complexity index is 145. The van der Waals surface area contributed by atoms with Crippen LogP contribution in [-0.4, -0.2) is 47.0 Å². The molecular formula is C11H24InN. The van der Waals surface area contributed by atoms with Crippen molar-refractivity contribution in [1.82, 2.24) is 4.90 Å². The van der Waals surface area contributed by atoms with Gasteiger partial charge in [0.05, 0.1) is 0 Å². The number of nitrogens with zero attached hydrogens (tertiary/aromatic N) is 1. The second kappa shape index (κ2) is 5.65. The van der Waals surface area contributed by atoms with Crippen molar-refractivity contribution in [3.8, 4) is 0 Å². The Kier molecular flexibility index (Phi) is 5.17. The molecule has 2 atom stereocenters. The summed E-state index contributed by atoms with van der Waals surface area (Å²) in [5.41, 5.74) is 0. The Morgan fingerprint density at radius 2 is 1.77 bits per heavy atom. The first-order chi connectivity index (χ1) is 6.11. The monoisotopic (exact) mass is 285 g/mol. The molecule has 2 heteroatoms. The van der Waals surface area contributed by atoms with Gasteiger partial charge < -0.3 is 0 Å². The number of hydrogen-bond acceptors (Lipinski definition) is 1. The molecule has 13 heavy (non-hydrogen) atoms. The fraction of sp³-hybridized carbons (Fsp3) is 1.00. The second-order valence-corrected chi connectivity index (χ2v) is 14.8. The molecule has 2 unspecified atom stereocenters. The van der Waals surface area contributed by atoms with Crippen LogP contribution >= 0.6 is 0 Å². The molecule has 0 heterocycles. The first-order valence-corrected chi connectivity index (χ1v) is 14.3. The summed E-state index contributed by atoms with van der Waals surface area (Å²) in [5, 5.41) is 0. The molecular weight excluding hydrogens is 261 g/mol. The van der Waals surface area contributed by atoms with Gasteiger partial charge in [0.15, 0.2) is 0 Å². The van der Waals surface area contributed by atoms with Gasteiger partial charge in [0, 0.05) is 0 Å². The van der Waals surface area contributed by atoms with Crippen molar-refractivity contribution >= 4 is 21.4 Å². The van der Waals surface area contributed by atoms with Crippen LogP contribution in [0.3, 0.4) is 0 Å². The van der Waals surface area contributed by atoms with E-state index in [0.717, 1.165) is 5.92 Å². The zero-order chi connectivity index (χ0) is 9.84. The molecule has 0 aromatic rings. The van der Waals surface area contributed by atoms with E-state index in [1.54, 1.807) is 6.42 Å². The fourth-order valence-corrected chi connectivity index (χ4v) is 9.39. The summed E-state index contributed by atoms with van der Waals surface area (Å²) in [7, 11) is 4.45. The summed E-state index contributed by atoms with van der Waals surface area (Å²) in [6, 6.07) is 0. The predicted molar refractivity (Wildman–Crippen MR) is 61.7 cm³/mol. The summed E-state index contributed by atoms with van der Waals surface area (Å²) in [6.45, 7) is 1.35. The van der Waals surface area contributed by atoms with E-state index in [0.29, 0.717) is 0 Å². The molecule has 1 saturated carbocycles. The third kappa shape index (κ3) is 3.83. The summed E-state index contributed by atoms with van der Waals surface area (Å²) < 4.78 is 6.39. The van der Waals surface area contributed by atoms with Gasteiger partial charge in [-0.3, -0.25) is 0 Å². The summed E-state index contributed by atoms with van der Waals surface area (Å²) in [6.07, 6.45) is 6.08. The molecule has 0 bridgehead atoms. The summed E-state index contributed by atoms with van der Waals surface area (Å²) >= 11 is -1.05. The maximum absolute atomic E-state index is 2.60. The van der Waals surface area contributed by atoms with Gasteiger partial charge in [0.2, 0.25) is 0 Å². The minimum atomic E-state index is -1.05. The predicted octanol–water partition coefficient (Wildman–Crippen LogP) is 2.86. The average Bonchev–Trinajstić information content (AvgIpc) is 2.03. The maximum atomic E-state index is 2.60. The van der Waals surface area contributed by atoms with Gasteiger partial charge in [-0.15, -0.1) is 0 Å². The Morgan fingerprint density at radius 1 is 1.15 bits per heavy atom. The Morgan fingerprint density at radius 3 is 2.31 bits per heavy atom. The molecule has 0 N–H and O–H groups in total. The first-order valence-electron chi connectivity index (χ1n) is 5.76. The van der Waals surface area contributed by atoms with Crippen molar-refractivity contribution < 1.29 is 0 Å². The van der Waals surface area contributed by atoms with Crippen LogP contribution < -0.4 is 0 Å². The molecule has 0 saturated heterocycles. The van der Waals surface area contributed by atoms with Crippen LogP contribution in [0.15, 0.2) is 0 Å². The van der Waals surface area contributed by atoms with Crippen LogP contribution in [0.1, 0.15) is 25.7 Å². The third-order valence-electron chi connectivity index (χ3n) is 3.42. The van der Waals surface area contributed by atoms with Gasteiger partial charge in [-0.25, -0.2) is 0 Å². The molecule has 1 rings (SSSR count). The van der Waals surface area contributed by atoms with Crippen LogP contribution in [-0.2, 0) is 0 Å². The fourth-order valence-electron chi connectivity index (χ4n) is 2.81. The molecule has 0 aromatic heterocycles. The molecule has 1 aliphatic carbocycles. The summed E-state index contributed by atoms with van der Waals surface area (Å²) in [4.78, 5) is 2.39. The van der Waals surface area contributed by atoms with Gasteiger partial charge in [0.25, 0.3) is 0 Å². The van der Waals surface area contributed by atoms with E-state index in [2.05, 4.69) is 28.4 Å². The van der Waals surface area contributed by atoms with Crippen LogP contribution in [0, 0.1) is 5.92 Å². The SMILES string of the molecule is CN(C)CC1CCCC[CH]1[In]([CH3])[CH3]. The standard InChI is InChI=1S/C9H18N.2CH3.In/c1-10(2)8-9-6-4-3-5-7-9;;;/h6,9H,3-5,7-8H2,1-2H3;2*1H3;. The molecule has 0 aromatic carbocycles. The zero-order valence-electron chi connectivity index (χ0n) is 9.71. The normalized spacial score (nSPS) is 29.3. The molecule has 1 nitrogen and oxygen atoms in total. The zero-order valence-corrected chi connectivity index (χ0v) is 13.0. The molecule has 1 fully saturated rings. The van der Waals surface area contributed by atoms with Gasteiger partial charge in [-0.05, 0) is 0 Å². The van der Waals surface area contributed by atoms with Crippen LogP contribution in [0.5, 0.6) is 0 Å². The van der Waals surface area contributed by atoms with E-state index < -0.39 is 21.4 Å². The van der Waals surface area contributed by atoms with E-state index in [4.69, 9.17) is 0 Å². The van der Waals surface area contributed by atoms with Crippen LogP contribution in [0.2, 0.25) is 13.0 Å². The van der Waals surface area contributed by atoms with Gasteiger partial charge in [-0.1, -0.05) is 0 Å². The number of rotatable bonds is 3. The van der Waals surface area contributed by atoms with Crippen molar-refractivity contribution in [2.75, 3.05) is 20.6 Å². The van der Waals surface area contributed by atoms with Gasteiger partial charge >= 0.3 is 91.6 Å². The third-order valence-corrected chi connectivity index (χ3v) is 10.8. The molecule has 0 spiro atoms. The van der Waals surface area contributed by atoms with Gasteiger partial charge in [0.1, 0.15) is 0 Å². The first kappa shape index (κ1) is 11.9. The Balaban J connectivity index is 2.46. The van der Waals surface area contributed by atoms with Crippen LogP contribution in [0.25, 0.3) is 0 Å². The van der Waals surface area contributed by atoms with E-state index in [1.165, 1.54) is 29.5 Å². The van der Waals surface area contributed by atoms with Gasteiger partial charge in [-0.2, -0.15) is 0 Å². The van der Waals surface area contributed by atoms with Crippen molar-refractivity contribution in [1.29, 1.82) is 0 Å². The average molecular weight is 285 g/mol. The molecule has 0 radical (unpaired) electrons. The topological polar surface area (TPSA) is 3.24 Å². The molecule has 0 amide bonds. The van der Waals surface area contributed by atoms with E-state index in [-0.39, 0.29) is 0 Å². The molecule has 76 valence electrons. The van der Waals surface area contributed by atoms with Crippen molar-refractivity contribution in [3.05, 3.63) is 0 Å².